The number of ether oxygens (including phenoxy) is 1. The minimum Gasteiger partial charge on any atom is -0.497 e. The first-order valence-electron chi connectivity index (χ1n) is 11.3. The molecule has 0 saturated carbocycles. The molecule has 35 heavy (non-hydrogen) atoms. The first kappa shape index (κ1) is 24.5. The van der Waals surface area contributed by atoms with E-state index in [1.54, 1.807) is 39.2 Å². The second kappa shape index (κ2) is 10.3. The van der Waals surface area contributed by atoms with Crippen LogP contribution in [0.5, 0.6) is 5.75 Å². The molecule has 0 aliphatic rings. The van der Waals surface area contributed by atoms with Crippen molar-refractivity contribution in [1.29, 1.82) is 0 Å². The Bertz CT molecular complexity index is 1430. The van der Waals surface area contributed by atoms with Gasteiger partial charge in [-0.15, -0.1) is 0 Å². The van der Waals surface area contributed by atoms with E-state index in [9.17, 15) is 13.2 Å². The molecule has 7 nitrogen and oxygen atoms in total. The third kappa shape index (κ3) is 5.90. The van der Waals surface area contributed by atoms with Crippen molar-refractivity contribution in [3.63, 3.8) is 0 Å². The number of hydrogen-bond donors (Lipinski definition) is 2. The molecule has 1 aromatic heterocycles. The molecule has 4 rings (SSSR count). The SMILES string of the molecule is COc1ccc2c(-c3ccccc3)c(C(=O)NCc3ccc(CS(=O)(=O)NC(C)C)cc3)oc2c1. The fourth-order valence-electron chi connectivity index (χ4n) is 3.89. The average molecular weight is 493 g/mol. The van der Waals surface area contributed by atoms with Crippen LogP contribution in [-0.4, -0.2) is 27.5 Å². The normalized spacial score (nSPS) is 11.7. The number of nitrogens with one attached hydrogen (secondary N) is 2. The van der Waals surface area contributed by atoms with Gasteiger partial charge in [0.15, 0.2) is 0 Å². The van der Waals surface area contributed by atoms with E-state index in [0.717, 1.165) is 22.1 Å². The zero-order valence-corrected chi connectivity index (χ0v) is 20.7. The standard InChI is InChI=1S/C27H28N2O5S/c1-18(2)29-35(31,32)17-20-11-9-19(10-12-20)16-28-27(30)26-25(21-7-5-4-6-8-21)23-14-13-22(33-3)15-24(23)34-26/h4-15,18,29H,16-17H2,1-3H3,(H,28,30). The number of furan rings is 1. The molecule has 0 spiro atoms. The molecule has 0 saturated heterocycles. The summed E-state index contributed by atoms with van der Waals surface area (Å²) in [5.74, 6) is 0.429. The molecule has 8 heteroatoms. The van der Waals surface area contributed by atoms with E-state index < -0.39 is 10.0 Å². The van der Waals surface area contributed by atoms with E-state index in [1.807, 2.05) is 54.6 Å². The van der Waals surface area contributed by atoms with Crippen LogP contribution < -0.4 is 14.8 Å². The summed E-state index contributed by atoms with van der Waals surface area (Å²) < 4.78 is 38.1. The van der Waals surface area contributed by atoms with E-state index in [4.69, 9.17) is 9.15 Å². The Morgan fingerprint density at radius 3 is 2.31 bits per heavy atom. The zero-order valence-electron chi connectivity index (χ0n) is 19.9. The minimum atomic E-state index is -3.40. The van der Waals surface area contributed by atoms with Gasteiger partial charge in [-0.25, -0.2) is 13.1 Å². The predicted molar refractivity (Wildman–Crippen MR) is 137 cm³/mol. The number of hydrogen-bond acceptors (Lipinski definition) is 5. The van der Waals surface area contributed by atoms with E-state index in [0.29, 0.717) is 16.9 Å². The van der Waals surface area contributed by atoms with Crippen molar-refractivity contribution in [2.75, 3.05) is 7.11 Å². The molecule has 0 unspecified atom stereocenters. The highest BCUT2D eigenvalue weighted by Gasteiger charge is 2.22. The van der Waals surface area contributed by atoms with Crippen molar-refractivity contribution in [2.45, 2.75) is 32.2 Å². The number of fused-ring (bicyclic) bond motifs is 1. The van der Waals surface area contributed by atoms with Gasteiger partial charge < -0.3 is 14.5 Å². The molecule has 3 aromatic carbocycles. The van der Waals surface area contributed by atoms with Crippen LogP contribution in [-0.2, 0) is 22.3 Å². The Morgan fingerprint density at radius 2 is 1.66 bits per heavy atom. The second-order valence-electron chi connectivity index (χ2n) is 8.57. The molecule has 0 radical (unpaired) electrons. The molecular weight excluding hydrogens is 464 g/mol. The van der Waals surface area contributed by atoms with Gasteiger partial charge in [0, 0.05) is 29.6 Å². The number of carbonyl (C=O) groups excluding carboxylic acids is 1. The van der Waals surface area contributed by atoms with E-state index in [2.05, 4.69) is 10.0 Å². The summed E-state index contributed by atoms with van der Waals surface area (Å²) in [4.78, 5) is 13.2. The van der Waals surface area contributed by atoms with Gasteiger partial charge >= 0.3 is 0 Å². The maximum absolute atomic E-state index is 13.2. The quantitative estimate of drug-likeness (QED) is 0.348. The van der Waals surface area contributed by atoms with Crippen molar-refractivity contribution in [3.8, 4) is 16.9 Å². The van der Waals surface area contributed by atoms with Crippen molar-refractivity contribution >= 4 is 26.9 Å². The fourth-order valence-corrected chi connectivity index (χ4v) is 5.32. The van der Waals surface area contributed by atoms with Crippen LogP contribution in [0.1, 0.15) is 35.5 Å². The summed E-state index contributed by atoms with van der Waals surface area (Å²) >= 11 is 0. The lowest BCUT2D eigenvalue weighted by Gasteiger charge is -2.10. The number of methoxy groups -OCH3 is 1. The lowest BCUT2D eigenvalue weighted by atomic mass is 10.0. The van der Waals surface area contributed by atoms with Gasteiger partial charge in [-0.1, -0.05) is 54.6 Å². The molecule has 4 aromatic rings. The number of rotatable bonds is 9. The van der Waals surface area contributed by atoms with Gasteiger partial charge in [0.25, 0.3) is 5.91 Å². The molecule has 0 aliphatic carbocycles. The lowest BCUT2D eigenvalue weighted by molar-refractivity contribution is 0.0926. The van der Waals surface area contributed by atoms with Gasteiger partial charge in [0.05, 0.1) is 12.9 Å². The van der Waals surface area contributed by atoms with Crippen LogP contribution in [0.3, 0.4) is 0 Å². The lowest BCUT2D eigenvalue weighted by Crippen LogP contribution is -2.31. The smallest absolute Gasteiger partial charge is 0.287 e. The van der Waals surface area contributed by atoms with E-state index >= 15 is 0 Å². The highest BCUT2D eigenvalue weighted by Crippen LogP contribution is 2.36. The Balaban J connectivity index is 1.53. The Labute approximate surface area is 205 Å². The maximum atomic E-state index is 13.2. The molecule has 0 bridgehead atoms. The zero-order chi connectivity index (χ0) is 25.0. The van der Waals surface area contributed by atoms with E-state index in [1.165, 1.54) is 0 Å². The van der Waals surface area contributed by atoms with Gasteiger partial charge in [-0.2, -0.15) is 0 Å². The number of amides is 1. The van der Waals surface area contributed by atoms with Crippen molar-refractivity contribution in [3.05, 3.63) is 89.7 Å². The van der Waals surface area contributed by atoms with Gasteiger partial charge in [-0.05, 0) is 42.7 Å². The summed E-state index contributed by atoms with van der Waals surface area (Å²) in [6.45, 7) is 3.83. The highest BCUT2D eigenvalue weighted by atomic mass is 32.2. The molecule has 1 heterocycles. The second-order valence-corrected chi connectivity index (χ2v) is 10.3. The van der Waals surface area contributed by atoms with Crippen molar-refractivity contribution in [2.24, 2.45) is 0 Å². The monoisotopic (exact) mass is 492 g/mol. The molecule has 182 valence electrons. The summed E-state index contributed by atoms with van der Waals surface area (Å²) in [6, 6.07) is 22.1. The largest absolute Gasteiger partial charge is 0.497 e. The highest BCUT2D eigenvalue weighted by molar-refractivity contribution is 7.88. The van der Waals surface area contributed by atoms with Gasteiger partial charge in [0.1, 0.15) is 11.3 Å². The Hall–Kier alpha value is -3.62. The van der Waals surface area contributed by atoms with Crippen LogP contribution in [0.15, 0.2) is 77.2 Å². The molecular formula is C27H28N2O5S. The van der Waals surface area contributed by atoms with Crippen LogP contribution in [0.2, 0.25) is 0 Å². The van der Waals surface area contributed by atoms with Crippen LogP contribution in [0.25, 0.3) is 22.1 Å². The topological polar surface area (TPSA) is 97.6 Å². The first-order chi connectivity index (χ1) is 16.8. The average Bonchev–Trinajstić information content (AvgIpc) is 3.21. The van der Waals surface area contributed by atoms with Gasteiger partial charge in [0.2, 0.25) is 15.8 Å². The van der Waals surface area contributed by atoms with Gasteiger partial charge in [-0.3, -0.25) is 4.79 Å². The number of carbonyl (C=O) groups is 1. The number of benzene rings is 3. The summed E-state index contributed by atoms with van der Waals surface area (Å²) in [6.07, 6.45) is 0. The Kier molecular flexibility index (Phi) is 7.23. The third-order valence-corrected chi connectivity index (χ3v) is 6.96. The maximum Gasteiger partial charge on any atom is 0.287 e. The van der Waals surface area contributed by atoms with E-state index in [-0.39, 0.29) is 30.0 Å². The van der Waals surface area contributed by atoms with Crippen molar-refractivity contribution in [1.82, 2.24) is 10.0 Å². The summed E-state index contributed by atoms with van der Waals surface area (Å²) in [5.41, 5.74) is 3.68. The third-order valence-electron chi connectivity index (χ3n) is 5.41. The minimum absolute atomic E-state index is 0.0965. The molecule has 0 fully saturated rings. The first-order valence-corrected chi connectivity index (χ1v) is 12.9. The van der Waals surface area contributed by atoms with Crippen LogP contribution >= 0.6 is 0 Å². The van der Waals surface area contributed by atoms with Crippen LogP contribution in [0, 0.1) is 0 Å². The number of sulfonamides is 1. The summed E-state index contributed by atoms with van der Waals surface area (Å²) in [7, 11) is -1.82. The van der Waals surface area contributed by atoms with Crippen LogP contribution in [0.4, 0.5) is 0 Å². The Morgan fingerprint density at radius 1 is 0.971 bits per heavy atom. The van der Waals surface area contributed by atoms with Crippen molar-refractivity contribution < 1.29 is 22.4 Å². The summed E-state index contributed by atoms with van der Waals surface area (Å²) in [5, 5.41) is 3.74. The predicted octanol–water partition coefficient (Wildman–Crippen LogP) is 4.87. The molecule has 0 atom stereocenters. The molecule has 2 N–H and O–H groups in total. The molecule has 1 amide bonds. The fraction of sp³-hybridized carbons (Fsp3) is 0.222. The molecule has 0 aliphatic heterocycles.